The van der Waals surface area contributed by atoms with Gasteiger partial charge in [-0.1, -0.05) is 0 Å². The molecule has 0 unspecified atom stereocenters. The molecule has 0 aliphatic heterocycles. The number of nitrogens with one attached hydrogen (secondary N) is 1. The van der Waals surface area contributed by atoms with Gasteiger partial charge in [0.2, 0.25) is 0 Å². The van der Waals surface area contributed by atoms with Crippen molar-refractivity contribution in [1.29, 1.82) is 0 Å². The summed E-state index contributed by atoms with van der Waals surface area (Å²) in [6, 6.07) is 3.41. The number of hydrogen-bond acceptors (Lipinski definition) is 2. The lowest BCUT2D eigenvalue weighted by Crippen LogP contribution is -2.03. The summed E-state index contributed by atoms with van der Waals surface area (Å²) < 4.78 is 37.4. The first kappa shape index (κ1) is 10.2. The summed E-state index contributed by atoms with van der Waals surface area (Å²) in [6.07, 6.45) is -2.66. The fraction of sp³-hybridized carbons (Fsp3) is 0.222. The lowest BCUT2D eigenvalue weighted by molar-refractivity contribution is -0.134. The van der Waals surface area contributed by atoms with Gasteiger partial charge in [-0.15, -0.1) is 11.3 Å². The van der Waals surface area contributed by atoms with E-state index in [0.29, 0.717) is 22.0 Å². The Morgan fingerprint density at radius 3 is 2.60 bits per heavy atom. The van der Waals surface area contributed by atoms with Crippen LogP contribution < -0.4 is 0 Å². The second kappa shape index (κ2) is 3.37. The molecule has 6 heteroatoms. The number of nitrogens with zero attached hydrogens (tertiary/aromatic N) is 1. The van der Waals surface area contributed by atoms with E-state index in [1.807, 2.05) is 0 Å². The molecule has 0 aliphatic rings. The standard InChI is InChI=1S/C9H7F3N2S/c1-5-7(9(10,11)12)15-8(14-5)6-3-2-4-13-6/h2-4,13H,1H3. The number of aromatic nitrogens is 2. The minimum Gasteiger partial charge on any atom is -0.359 e. The van der Waals surface area contributed by atoms with Crippen LogP contribution in [0.2, 0.25) is 0 Å². The first-order valence-corrected chi connectivity index (χ1v) is 4.98. The van der Waals surface area contributed by atoms with Crippen molar-refractivity contribution in [3.8, 4) is 10.7 Å². The van der Waals surface area contributed by atoms with Crippen LogP contribution >= 0.6 is 11.3 Å². The maximum Gasteiger partial charge on any atom is 0.427 e. The summed E-state index contributed by atoms with van der Waals surface area (Å²) >= 11 is 0.657. The van der Waals surface area contributed by atoms with Crippen LogP contribution in [0.4, 0.5) is 13.2 Å². The van der Waals surface area contributed by atoms with Gasteiger partial charge in [-0.05, 0) is 19.1 Å². The highest BCUT2D eigenvalue weighted by atomic mass is 32.1. The van der Waals surface area contributed by atoms with Crippen molar-refractivity contribution in [3.63, 3.8) is 0 Å². The molecular weight excluding hydrogens is 225 g/mol. The van der Waals surface area contributed by atoms with Crippen LogP contribution in [0.3, 0.4) is 0 Å². The van der Waals surface area contributed by atoms with Crippen LogP contribution in [0, 0.1) is 6.92 Å². The fourth-order valence-corrected chi connectivity index (χ4v) is 2.16. The van der Waals surface area contributed by atoms with Crippen LogP contribution in [0.25, 0.3) is 10.7 Å². The van der Waals surface area contributed by atoms with E-state index in [1.54, 1.807) is 18.3 Å². The lowest BCUT2D eigenvalue weighted by Gasteiger charge is -2.01. The average Bonchev–Trinajstić information content (AvgIpc) is 2.68. The number of halogens is 3. The molecule has 2 heterocycles. The molecule has 2 nitrogen and oxygen atoms in total. The Balaban J connectivity index is 2.47. The third kappa shape index (κ3) is 1.90. The van der Waals surface area contributed by atoms with Crippen molar-refractivity contribution in [2.45, 2.75) is 13.1 Å². The molecule has 0 saturated carbocycles. The molecule has 0 amide bonds. The maximum absolute atomic E-state index is 12.5. The van der Waals surface area contributed by atoms with Gasteiger partial charge in [-0.3, -0.25) is 0 Å². The molecule has 0 aromatic carbocycles. The first-order chi connectivity index (χ1) is 6.98. The highest BCUT2D eigenvalue weighted by molar-refractivity contribution is 7.15. The van der Waals surface area contributed by atoms with Gasteiger partial charge >= 0.3 is 6.18 Å². The highest BCUT2D eigenvalue weighted by Gasteiger charge is 2.35. The van der Waals surface area contributed by atoms with E-state index in [1.165, 1.54) is 6.92 Å². The molecule has 0 radical (unpaired) electrons. The minimum absolute atomic E-state index is 0.0251. The summed E-state index contributed by atoms with van der Waals surface area (Å²) in [5, 5.41) is 0.366. The number of H-pyrrole nitrogens is 1. The number of hydrogen-bond donors (Lipinski definition) is 1. The normalized spacial score (nSPS) is 12.0. The maximum atomic E-state index is 12.5. The van der Waals surface area contributed by atoms with E-state index in [0.717, 1.165) is 0 Å². The molecule has 0 spiro atoms. The van der Waals surface area contributed by atoms with Gasteiger partial charge in [0.25, 0.3) is 0 Å². The molecule has 0 bridgehead atoms. The van der Waals surface area contributed by atoms with Crippen molar-refractivity contribution in [1.82, 2.24) is 9.97 Å². The van der Waals surface area contributed by atoms with Crippen molar-refractivity contribution in [2.24, 2.45) is 0 Å². The number of rotatable bonds is 1. The summed E-state index contributed by atoms with van der Waals surface area (Å²) in [4.78, 5) is 6.08. The predicted molar refractivity (Wildman–Crippen MR) is 51.6 cm³/mol. The highest BCUT2D eigenvalue weighted by Crippen LogP contribution is 2.38. The number of alkyl halides is 3. The Kier molecular flexibility index (Phi) is 2.30. The second-order valence-corrected chi connectivity index (χ2v) is 4.01. The molecular formula is C9H7F3N2S. The van der Waals surface area contributed by atoms with Gasteiger partial charge in [0.05, 0.1) is 11.4 Å². The molecule has 2 aromatic heterocycles. The largest absolute Gasteiger partial charge is 0.427 e. The van der Waals surface area contributed by atoms with E-state index in [-0.39, 0.29) is 5.69 Å². The van der Waals surface area contributed by atoms with Gasteiger partial charge < -0.3 is 4.98 Å². The monoisotopic (exact) mass is 232 g/mol. The quantitative estimate of drug-likeness (QED) is 0.801. The summed E-state index contributed by atoms with van der Waals surface area (Å²) in [5.41, 5.74) is 0.635. The van der Waals surface area contributed by atoms with Gasteiger partial charge in [-0.2, -0.15) is 13.2 Å². The molecule has 15 heavy (non-hydrogen) atoms. The second-order valence-electron chi connectivity index (χ2n) is 3.02. The van der Waals surface area contributed by atoms with Gasteiger partial charge in [-0.25, -0.2) is 4.98 Å². The Labute approximate surface area is 87.8 Å². The molecule has 2 rings (SSSR count). The molecule has 1 N–H and O–H groups in total. The van der Waals surface area contributed by atoms with Crippen LogP contribution in [0.5, 0.6) is 0 Å². The predicted octanol–water partition coefficient (Wildman–Crippen LogP) is 3.47. The lowest BCUT2D eigenvalue weighted by atomic mass is 10.4. The van der Waals surface area contributed by atoms with Crippen molar-refractivity contribution in [3.05, 3.63) is 28.9 Å². The number of thiazole rings is 1. The third-order valence-electron chi connectivity index (χ3n) is 1.88. The van der Waals surface area contributed by atoms with Gasteiger partial charge in [0, 0.05) is 6.20 Å². The molecule has 2 aromatic rings. The average molecular weight is 232 g/mol. The van der Waals surface area contributed by atoms with Crippen LogP contribution in [-0.2, 0) is 6.18 Å². The Morgan fingerprint density at radius 1 is 1.40 bits per heavy atom. The summed E-state index contributed by atoms with van der Waals surface area (Å²) in [5.74, 6) is 0. The van der Waals surface area contributed by atoms with Crippen molar-refractivity contribution in [2.75, 3.05) is 0 Å². The fourth-order valence-electron chi connectivity index (χ4n) is 1.24. The topological polar surface area (TPSA) is 28.7 Å². The summed E-state index contributed by atoms with van der Waals surface area (Å²) in [6.45, 7) is 1.37. The van der Waals surface area contributed by atoms with Gasteiger partial charge in [0.15, 0.2) is 0 Å². The van der Waals surface area contributed by atoms with E-state index in [2.05, 4.69) is 9.97 Å². The minimum atomic E-state index is -4.31. The SMILES string of the molecule is Cc1nc(-c2ccc[nH]2)sc1C(F)(F)F. The van der Waals surface area contributed by atoms with E-state index in [9.17, 15) is 13.2 Å². The zero-order chi connectivity index (χ0) is 11.1. The zero-order valence-corrected chi connectivity index (χ0v) is 8.54. The molecule has 0 atom stereocenters. The van der Waals surface area contributed by atoms with Crippen molar-refractivity contribution >= 4 is 11.3 Å². The zero-order valence-electron chi connectivity index (χ0n) is 7.72. The smallest absolute Gasteiger partial charge is 0.359 e. The van der Waals surface area contributed by atoms with Crippen LogP contribution in [0.1, 0.15) is 10.6 Å². The van der Waals surface area contributed by atoms with Crippen LogP contribution in [-0.4, -0.2) is 9.97 Å². The third-order valence-corrected chi connectivity index (χ3v) is 3.12. The van der Waals surface area contributed by atoms with E-state index in [4.69, 9.17) is 0 Å². The first-order valence-electron chi connectivity index (χ1n) is 4.17. The Bertz CT molecular complexity index is 456. The Morgan fingerprint density at radius 2 is 2.13 bits per heavy atom. The van der Waals surface area contributed by atoms with Gasteiger partial charge in [0.1, 0.15) is 9.88 Å². The Hall–Kier alpha value is -1.30. The summed E-state index contributed by atoms with van der Waals surface area (Å²) in [7, 11) is 0. The molecule has 0 aliphatic carbocycles. The van der Waals surface area contributed by atoms with Crippen molar-refractivity contribution < 1.29 is 13.2 Å². The van der Waals surface area contributed by atoms with E-state index >= 15 is 0 Å². The molecule has 0 saturated heterocycles. The van der Waals surface area contributed by atoms with E-state index < -0.39 is 11.1 Å². The molecule has 0 fully saturated rings. The number of aromatic amines is 1. The number of aryl methyl sites for hydroxylation is 1. The van der Waals surface area contributed by atoms with Crippen LogP contribution in [0.15, 0.2) is 18.3 Å². The molecule has 80 valence electrons.